The summed E-state index contributed by atoms with van der Waals surface area (Å²) >= 11 is 10.5. The van der Waals surface area contributed by atoms with Crippen LogP contribution in [0.1, 0.15) is 25.5 Å². The Hall–Kier alpha value is -0.210. The van der Waals surface area contributed by atoms with Crippen LogP contribution in [0.5, 0.6) is 0 Å². The zero-order valence-corrected chi connectivity index (χ0v) is 13.3. The Kier molecular flexibility index (Phi) is 5.07. The number of hydrogen-bond donors (Lipinski definition) is 1. The zero-order chi connectivity index (χ0) is 14.9. The zero-order valence-electron chi connectivity index (χ0n) is 11.0. The van der Waals surface area contributed by atoms with Gasteiger partial charge in [-0.15, -0.1) is 0 Å². The Morgan fingerprint density at radius 2 is 1.95 bits per heavy atom. The van der Waals surface area contributed by atoms with Gasteiger partial charge in [-0.1, -0.05) is 29.3 Å². The van der Waals surface area contributed by atoms with Gasteiger partial charge in [0.25, 0.3) is 0 Å². The average Bonchev–Trinajstić information content (AvgIpc) is 2.62. The Morgan fingerprint density at radius 1 is 1.35 bits per heavy atom. The molecule has 0 saturated carbocycles. The monoisotopic (exact) mass is 339 g/mol. The summed E-state index contributed by atoms with van der Waals surface area (Å²) in [6.07, 6.45) is -1.02. The molecular formula is C12H15Cl2NO4S. The van der Waals surface area contributed by atoms with E-state index in [1.54, 1.807) is 32.0 Å². The number of hydrogen-bond acceptors (Lipinski definition) is 4. The van der Waals surface area contributed by atoms with Gasteiger partial charge in [-0.3, -0.25) is 4.18 Å². The van der Waals surface area contributed by atoms with E-state index in [9.17, 15) is 4.21 Å². The van der Waals surface area contributed by atoms with Crippen molar-refractivity contribution in [2.24, 2.45) is 5.14 Å². The van der Waals surface area contributed by atoms with Gasteiger partial charge in [0.1, 0.15) is 12.2 Å². The van der Waals surface area contributed by atoms with Gasteiger partial charge >= 0.3 is 0 Å². The van der Waals surface area contributed by atoms with E-state index in [4.69, 9.17) is 42.0 Å². The summed E-state index contributed by atoms with van der Waals surface area (Å²) in [7, 11) is 0. The molecule has 0 amide bonds. The second kappa shape index (κ2) is 6.27. The number of rotatable bonds is 4. The van der Waals surface area contributed by atoms with E-state index in [0.717, 1.165) is 0 Å². The van der Waals surface area contributed by atoms with Gasteiger partial charge in [-0.05, 0) is 26.0 Å². The maximum atomic E-state index is 10.9. The molecule has 5 nitrogen and oxygen atoms in total. The molecule has 1 saturated heterocycles. The van der Waals surface area contributed by atoms with E-state index in [0.29, 0.717) is 15.6 Å². The van der Waals surface area contributed by atoms with Crippen LogP contribution in [0.15, 0.2) is 18.2 Å². The molecule has 1 aliphatic heterocycles. The number of benzene rings is 1. The van der Waals surface area contributed by atoms with Crippen molar-refractivity contribution in [2.45, 2.75) is 31.8 Å². The second-order valence-corrected chi connectivity index (χ2v) is 6.35. The van der Waals surface area contributed by atoms with Crippen LogP contribution in [-0.2, 0) is 24.9 Å². The number of halogens is 2. The highest BCUT2D eigenvalue weighted by Gasteiger charge is 2.44. The molecule has 1 aromatic carbocycles. The molecule has 1 aliphatic rings. The Morgan fingerprint density at radius 3 is 2.50 bits per heavy atom. The van der Waals surface area contributed by atoms with E-state index < -0.39 is 29.3 Å². The maximum absolute atomic E-state index is 10.9. The summed E-state index contributed by atoms with van der Waals surface area (Å²) in [5.41, 5.74) is 0.623. The van der Waals surface area contributed by atoms with Crippen molar-refractivity contribution < 1.29 is 17.9 Å². The van der Waals surface area contributed by atoms with Crippen molar-refractivity contribution in [3.05, 3.63) is 33.8 Å². The summed E-state index contributed by atoms with van der Waals surface area (Å²) in [5, 5.41) is 6.03. The molecule has 2 N–H and O–H groups in total. The molecule has 1 heterocycles. The molecule has 112 valence electrons. The molecule has 3 atom stereocenters. The Bertz CT molecular complexity index is 506. The smallest absolute Gasteiger partial charge is 0.231 e. The lowest BCUT2D eigenvalue weighted by Gasteiger charge is -2.19. The molecule has 0 radical (unpaired) electrons. The molecule has 2 rings (SSSR count). The molecule has 1 unspecified atom stereocenters. The van der Waals surface area contributed by atoms with Crippen LogP contribution in [0, 0.1) is 0 Å². The molecule has 1 aromatic rings. The predicted octanol–water partition coefficient (Wildman–Crippen LogP) is 2.74. The van der Waals surface area contributed by atoms with Crippen molar-refractivity contribution in [1.82, 2.24) is 0 Å². The first-order chi connectivity index (χ1) is 9.30. The Labute approximate surface area is 130 Å². The van der Waals surface area contributed by atoms with Gasteiger partial charge in [-0.2, -0.15) is 0 Å². The third-order valence-corrected chi connectivity index (χ3v) is 3.84. The van der Waals surface area contributed by atoms with E-state index in [2.05, 4.69) is 0 Å². The largest absolute Gasteiger partial charge is 0.342 e. The van der Waals surface area contributed by atoms with Gasteiger partial charge < -0.3 is 9.47 Å². The van der Waals surface area contributed by atoms with Gasteiger partial charge in [-0.25, -0.2) is 9.35 Å². The molecule has 0 bridgehead atoms. The maximum Gasteiger partial charge on any atom is 0.231 e. The van der Waals surface area contributed by atoms with Crippen molar-refractivity contribution in [2.75, 3.05) is 6.61 Å². The first-order valence-electron chi connectivity index (χ1n) is 5.89. The summed E-state index contributed by atoms with van der Waals surface area (Å²) in [4.78, 5) is 0. The van der Waals surface area contributed by atoms with Crippen LogP contribution >= 0.6 is 23.2 Å². The van der Waals surface area contributed by atoms with Crippen LogP contribution in [0.25, 0.3) is 0 Å². The predicted molar refractivity (Wildman–Crippen MR) is 77.5 cm³/mol. The SMILES string of the molecule is CC1(C)O[C@H](c2c(Cl)cccc2Cl)[C@@H](COS(N)=O)O1. The van der Waals surface area contributed by atoms with Crippen LogP contribution in [0.4, 0.5) is 0 Å². The summed E-state index contributed by atoms with van der Waals surface area (Å²) in [6, 6.07) is 5.18. The molecule has 20 heavy (non-hydrogen) atoms. The minimum atomic E-state index is -1.87. The van der Waals surface area contributed by atoms with Gasteiger partial charge in [0.2, 0.25) is 11.3 Å². The summed E-state index contributed by atoms with van der Waals surface area (Å²) in [5.74, 6) is -0.822. The lowest BCUT2D eigenvalue weighted by atomic mass is 10.0. The van der Waals surface area contributed by atoms with Crippen LogP contribution in [0.2, 0.25) is 10.0 Å². The first-order valence-corrected chi connectivity index (χ1v) is 7.78. The van der Waals surface area contributed by atoms with Crippen LogP contribution in [-0.4, -0.2) is 22.7 Å². The van der Waals surface area contributed by atoms with Gasteiger partial charge in [0, 0.05) is 15.6 Å². The molecular weight excluding hydrogens is 325 g/mol. The van der Waals surface area contributed by atoms with Crippen LogP contribution < -0.4 is 5.14 Å². The highest BCUT2D eigenvalue weighted by atomic mass is 35.5. The highest BCUT2D eigenvalue weighted by Crippen LogP contribution is 2.43. The third-order valence-electron chi connectivity index (χ3n) is 2.82. The van der Waals surface area contributed by atoms with E-state index in [-0.39, 0.29) is 6.61 Å². The van der Waals surface area contributed by atoms with Crippen LogP contribution in [0.3, 0.4) is 0 Å². The van der Waals surface area contributed by atoms with Gasteiger partial charge in [0.15, 0.2) is 5.79 Å². The fourth-order valence-corrected chi connectivity index (χ4v) is 3.00. The van der Waals surface area contributed by atoms with E-state index >= 15 is 0 Å². The second-order valence-electron chi connectivity index (χ2n) is 4.77. The first kappa shape index (κ1) is 16.2. The average molecular weight is 340 g/mol. The van der Waals surface area contributed by atoms with E-state index in [1.165, 1.54) is 0 Å². The standard InChI is InChI=1S/C12H15Cl2NO4S/c1-12(2)18-9(6-17-20(15)16)11(19-12)10-7(13)4-3-5-8(10)14/h3-5,9,11H,6,15H2,1-2H3/t9-,11+,20?/m1/s1. The molecule has 0 aromatic heterocycles. The van der Waals surface area contributed by atoms with Crippen molar-refractivity contribution in [3.8, 4) is 0 Å². The molecule has 0 aliphatic carbocycles. The van der Waals surface area contributed by atoms with Crippen molar-refractivity contribution >= 4 is 34.5 Å². The molecule has 1 fully saturated rings. The lowest BCUT2D eigenvalue weighted by molar-refractivity contribution is -0.148. The minimum Gasteiger partial charge on any atom is -0.342 e. The Balaban J connectivity index is 2.29. The molecule has 8 heteroatoms. The minimum absolute atomic E-state index is 0.0127. The third kappa shape index (κ3) is 3.71. The fraction of sp³-hybridized carbons (Fsp3) is 0.500. The van der Waals surface area contributed by atoms with Gasteiger partial charge in [0.05, 0.1) is 6.61 Å². The quantitative estimate of drug-likeness (QED) is 0.915. The van der Waals surface area contributed by atoms with Crippen molar-refractivity contribution in [3.63, 3.8) is 0 Å². The lowest BCUT2D eigenvalue weighted by Crippen LogP contribution is -2.26. The van der Waals surface area contributed by atoms with Crippen molar-refractivity contribution in [1.29, 1.82) is 0 Å². The number of ether oxygens (including phenoxy) is 2. The summed E-state index contributed by atoms with van der Waals surface area (Å²) in [6.45, 7) is 3.55. The highest BCUT2D eigenvalue weighted by molar-refractivity contribution is 7.77. The normalized spacial score (nSPS) is 26.6. The molecule has 0 spiro atoms. The van der Waals surface area contributed by atoms with E-state index in [1.807, 2.05) is 0 Å². The summed E-state index contributed by atoms with van der Waals surface area (Å²) < 4.78 is 27.3. The topological polar surface area (TPSA) is 70.8 Å². The fourth-order valence-electron chi connectivity index (χ4n) is 2.12. The number of nitrogens with two attached hydrogens (primary N) is 1.